The van der Waals surface area contributed by atoms with Crippen LogP contribution in [0.1, 0.15) is 34.0 Å². The fourth-order valence-corrected chi connectivity index (χ4v) is 3.82. The maximum Gasteiger partial charge on any atom is 0.122 e. The zero-order valence-corrected chi connectivity index (χ0v) is 15.8. The van der Waals surface area contributed by atoms with Gasteiger partial charge in [0, 0.05) is 16.6 Å². The van der Waals surface area contributed by atoms with E-state index in [1.54, 1.807) is 7.11 Å². The lowest BCUT2D eigenvalue weighted by molar-refractivity contribution is 0.410. The predicted octanol–water partition coefficient (Wildman–Crippen LogP) is 4.64. The maximum absolute atomic E-state index is 5.48. The van der Waals surface area contributed by atoms with Gasteiger partial charge in [0.05, 0.1) is 13.2 Å². The van der Waals surface area contributed by atoms with Crippen molar-refractivity contribution in [3.05, 3.63) is 64.3 Å². The third kappa shape index (κ3) is 3.26. The largest absolute Gasteiger partial charge is 0.496 e. The first-order valence-corrected chi connectivity index (χ1v) is 8.63. The fraction of sp³-hybridized carbons (Fsp3) is 0.333. The maximum atomic E-state index is 5.48. The van der Waals surface area contributed by atoms with Crippen molar-refractivity contribution in [2.45, 2.75) is 32.7 Å². The summed E-state index contributed by atoms with van der Waals surface area (Å²) in [6.45, 7) is 5.27. The average molecular weight is 357 g/mol. The van der Waals surface area contributed by atoms with E-state index in [4.69, 9.17) is 4.74 Å². The molecule has 1 aromatic heterocycles. The minimum Gasteiger partial charge on any atom is -0.496 e. The van der Waals surface area contributed by atoms with Gasteiger partial charge < -0.3 is 15.0 Å². The molecule has 0 saturated carbocycles. The van der Waals surface area contributed by atoms with Crippen LogP contribution in [0, 0.1) is 13.8 Å². The van der Waals surface area contributed by atoms with E-state index in [1.165, 1.54) is 38.9 Å². The molecule has 25 heavy (non-hydrogen) atoms. The van der Waals surface area contributed by atoms with Gasteiger partial charge >= 0.3 is 0 Å². The van der Waals surface area contributed by atoms with E-state index >= 15 is 0 Å². The minimum absolute atomic E-state index is 0. The molecule has 132 valence electrons. The summed E-state index contributed by atoms with van der Waals surface area (Å²) in [5.74, 6) is 0.968. The van der Waals surface area contributed by atoms with Gasteiger partial charge in [-0.25, -0.2) is 0 Å². The van der Waals surface area contributed by atoms with Crippen LogP contribution in [0.15, 0.2) is 36.4 Å². The average Bonchev–Trinajstić information content (AvgIpc) is 2.95. The van der Waals surface area contributed by atoms with Crippen LogP contribution in [0.3, 0.4) is 0 Å². The van der Waals surface area contributed by atoms with Gasteiger partial charge in [-0.2, -0.15) is 0 Å². The van der Waals surface area contributed by atoms with Crippen LogP contribution < -0.4 is 10.1 Å². The third-order valence-corrected chi connectivity index (χ3v) is 5.12. The quantitative estimate of drug-likeness (QED) is 0.717. The number of rotatable bonds is 3. The van der Waals surface area contributed by atoms with Gasteiger partial charge in [-0.05, 0) is 68.1 Å². The molecule has 3 aromatic rings. The van der Waals surface area contributed by atoms with Crippen molar-refractivity contribution in [3.8, 4) is 5.75 Å². The molecule has 1 aliphatic rings. The van der Waals surface area contributed by atoms with Crippen LogP contribution in [0.4, 0.5) is 0 Å². The Morgan fingerprint density at radius 2 is 1.96 bits per heavy atom. The first-order valence-electron chi connectivity index (χ1n) is 8.63. The van der Waals surface area contributed by atoms with Gasteiger partial charge in [-0.1, -0.05) is 23.8 Å². The number of benzene rings is 2. The van der Waals surface area contributed by atoms with Gasteiger partial charge in [0.25, 0.3) is 0 Å². The van der Waals surface area contributed by atoms with Crippen LogP contribution in [0.5, 0.6) is 5.75 Å². The molecule has 3 nitrogen and oxygen atoms in total. The second-order valence-corrected chi connectivity index (χ2v) is 6.83. The number of fused-ring (bicyclic) bond motifs is 3. The van der Waals surface area contributed by atoms with Gasteiger partial charge in [-0.3, -0.25) is 0 Å². The van der Waals surface area contributed by atoms with Crippen molar-refractivity contribution in [1.82, 2.24) is 10.3 Å². The van der Waals surface area contributed by atoms with E-state index in [-0.39, 0.29) is 12.4 Å². The fourth-order valence-electron chi connectivity index (χ4n) is 3.82. The molecular formula is C21H25ClN2O. The van der Waals surface area contributed by atoms with Crippen LogP contribution >= 0.6 is 12.4 Å². The van der Waals surface area contributed by atoms with E-state index in [0.29, 0.717) is 6.04 Å². The minimum atomic E-state index is 0. The first kappa shape index (κ1) is 17.8. The van der Waals surface area contributed by atoms with Crippen molar-refractivity contribution in [1.29, 1.82) is 0 Å². The molecule has 4 rings (SSSR count). The molecule has 0 spiro atoms. The Labute approximate surface area is 155 Å². The summed E-state index contributed by atoms with van der Waals surface area (Å²) < 4.78 is 5.48. The van der Waals surface area contributed by atoms with Gasteiger partial charge in [-0.15, -0.1) is 12.4 Å². The Morgan fingerprint density at radius 3 is 2.76 bits per heavy atom. The highest BCUT2D eigenvalue weighted by atomic mass is 35.5. The van der Waals surface area contributed by atoms with Crippen LogP contribution in [0.2, 0.25) is 0 Å². The SMILES string of the molecule is COc1cc(CC2NCCc3c2[nH]c2ccc(C)cc32)ccc1C.Cl. The Balaban J connectivity index is 0.00000182. The van der Waals surface area contributed by atoms with Crippen LogP contribution in [-0.2, 0) is 12.8 Å². The molecule has 1 unspecified atom stereocenters. The lowest BCUT2D eigenvalue weighted by atomic mass is 9.94. The number of aryl methyl sites for hydroxylation is 2. The van der Waals surface area contributed by atoms with Crippen LogP contribution in [0.25, 0.3) is 10.9 Å². The number of aromatic nitrogens is 1. The second kappa shape index (κ2) is 7.11. The molecule has 0 fully saturated rings. The van der Waals surface area contributed by atoms with Crippen molar-refractivity contribution in [2.24, 2.45) is 0 Å². The first-order chi connectivity index (χ1) is 11.7. The highest BCUT2D eigenvalue weighted by Gasteiger charge is 2.24. The number of aromatic amines is 1. The zero-order chi connectivity index (χ0) is 16.7. The number of methoxy groups -OCH3 is 1. The molecule has 2 aromatic carbocycles. The summed E-state index contributed by atoms with van der Waals surface area (Å²) in [7, 11) is 1.74. The number of hydrogen-bond donors (Lipinski definition) is 2. The second-order valence-electron chi connectivity index (χ2n) is 6.83. The Hall–Kier alpha value is -1.97. The van der Waals surface area contributed by atoms with E-state index in [0.717, 1.165) is 25.1 Å². The topological polar surface area (TPSA) is 37.0 Å². The molecule has 2 N–H and O–H groups in total. The summed E-state index contributed by atoms with van der Waals surface area (Å²) >= 11 is 0. The summed E-state index contributed by atoms with van der Waals surface area (Å²) in [6.07, 6.45) is 2.06. The zero-order valence-electron chi connectivity index (χ0n) is 15.0. The van der Waals surface area contributed by atoms with E-state index in [1.807, 2.05) is 0 Å². The number of ether oxygens (including phenoxy) is 1. The predicted molar refractivity (Wildman–Crippen MR) is 106 cm³/mol. The number of hydrogen-bond acceptors (Lipinski definition) is 2. The number of H-pyrrole nitrogens is 1. The summed E-state index contributed by atoms with van der Waals surface area (Å²) in [6, 6.07) is 13.5. The molecule has 0 radical (unpaired) electrons. The number of nitrogens with one attached hydrogen (secondary N) is 2. The molecule has 1 aliphatic heterocycles. The molecule has 0 amide bonds. The smallest absolute Gasteiger partial charge is 0.122 e. The highest BCUT2D eigenvalue weighted by molar-refractivity contribution is 5.86. The number of halogens is 1. The standard InChI is InChI=1S/C21H24N2O.ClH/c1-13-4-7-18-17(10-13)16-8-9-22-19(21(16)23-18)11-15-6-5-14(2)20(12-15)24-3;/h4-7,10,12,19,22-23H,8-9,11H2,1-3H3;1H. The van der Waals surface area contributed by atoms with E-state index in [2.05, 4.69) is 60.5 Å². The summed E-state index contributed by atoms with van der Waals surface area (Å²) in [5, 5.41) is 5.07. The van der Waals surface area contributed by atoms with Crippen molar-refractivity contribution < 1.29 is 4.74 Å². The van der Waals surface area contributed by atoms with Crippen molar-refractivity contribution in [2.75, 3.05) is 13.7 Å². The van der Waals surface area contributed by atoms with E-state index in [9.17, 15) is 0 Å². The highest BCUT2D eigenvalue weighted by Crippen LogP contribution is 2.33. The monoisotopic (exact) mass is 356 g/mol. The molecule has 4 heteroatoms. The molecule has 0 aliphatic carbocycles. The normalized spacial score (nSPS) is 16.4. The Morgan fingerprint density at radius 1 is 1.12 bits per heavy atom. The van der Waals surface area contributed by atoms with Gasteiger partial charge in [0.1, 0.15) is 5.75 Å². The van der Waals surface area contributed by atoms with Gasteiger partial charge in [0.15, 0.2) is 0 Å². The van der Waals surface area contributed by atoms with Crippen molar-refractivity contribution in [3.63, 3.8) is 0 Å². The van der Waals surface area contributed by atoms with Crippen LogP contribution in [-0.4, -0.2) is 18.6 Å². The Kier molecular flexibility index (Phi) is 5.07. The third-order valence-electron chi connectivity index (χ3n) is 5.12. The van der Waals surface area contributed by atoms with Gasteiger partial charge in [0.2, 0.25) is 0 Å². The molecule has 1 atom stereocenters. The lowest BCUT2D eigenvalue weighted by Gasteiger charge is -2.25. The summed E-state index contributed by atoms with van der Waals surface area (Å²) in [4.78, 5) is 3.66. The van der Waals surface area contributed by atoms with E-state index < -0.39 is 0 Å². The molecule has 0 bridgehead atoms. The molecule has 0 saturated heterocycles. The van der Waals surface area contributed by atoms with Crippen molar-refractivity contribution >= 4 is 23.3 Å². The molecular weight excluding hydrogens is 332 g/mol. The lowest BCUT2D eigenvalue weighted by Crippen LogP contribution is -2.31. The Bertz CT molecular complexity index is 900. The molecule has 2 heterocycles. The summed E-state index contributed by atoms with van der Waals surface area (Å²) in [5.41, 5.74) is 7.89.